The van der Waals surface area contributed by atoms with E-state index in [1.54, 1.807) is 6.20 Å². The Kier molecular flexibility index (Phi) is 5.46. The summed E-state index contributed by atoms with van der Waals surface area (Å²) in [6.07, 6.45) is 7.53. The van der Waals surface area contributed by atoms with Crippen molar-refractivity contribution < 1.29 is 4.74 Å². The van der Waals surface area contributed by atoms with Crippen molar-refractivity contribution in [2.75, 3.05) is 24.5 Å². The summed E-state index contributed by atoms with van der Waals surface area (Å²) in [4.78, 5) is 20.2. The monoisotopic (exact) mass is 352 g/mol. The van der Waals surface area contributed by atoms with Gasteiger partial charge in [-0.15, -0.1) is 0 Å². The molecule has 0 radical (unpaired) electrons. The first-order valence-electron chi connectivity index (χ1n) is 8.84. The van der Waals surface area contributed by atoms with Gasteiger partial charge in [-0.3, -0.25) is 0 Å². The van der Waals surface area contributed by atoms with Gasteiger partial charge < -0.3 is 15.4 Å². The molecule has 26 heavy (non-hydrogen) atoms. The fourth-order valence-electron chi connectivity index (χ4n) is 2.75. The van der Waals surface area contributed by atoms with E-state index in [1.807, 2.05) is 37.3 Å². The fourth-order valence-corrected chi connectivity index (χ4v) is 2.75. The Balaban J connectivity index is 2.00. The number of pyridine rings is 1. The van der Waals surface area contributed by atoms with Crippen LogP contribution < -0.4 is 10.6 Å². The topological polar surface area (TPSA) is 89.5 Å². The number of nitrogens with two attached hydrogens (primary N) is 1. The Hall–Kier alpha value is -2.96. The summed E-state index contributed by atoms with van der Waals surface area (Å²) in [5.41, 5.74) is 8.90. The van der Waals surface area contributed by atoms with Crippen molar-refractivity contribution in [1.29, 1.82) is 0 Å². The van der Waals surface area contributed by atoms with Gasteiger partial charge in [0.05, 0.1) is 18.4 Å². The number of rotatable bonds is 4. The van der Waals surface area contributed by atoms with Crippen LogP contribution in [0, 0.1) is 0 Å². The molecule has 2 aromatic rings. The van der Waals surface area contributed by atoms with Crippen LogP contribution in [-0.4, -0.2) is 46.7 Å². The highest BCUT2D eigenvalue weighted by atomic mass is 16.5. The summed E-state index contributed by atoms with van der Waals surface area (Å²) < 4.78 is 5.45. The van der Waals surface area contributed by atoms with E-state index in [4.69, 9.17) is 15.5 Å². The van der Waals surface area contributed by atoms with E-state index >= 15 is 0 Å². The number of aromatic nitrogens is 3. The maximum Gasteiger partial charge on any atom is 0.282 e. The van der Waals surface area contributed by atoms with Gasteiger partial charge in [-0.1, -0.05) is 12.2 Å². The Morgan fingerprint density at radius 2 is 2.04 bits per heavy atom. The molecule has 1 aliphatic heterocycles. The molecule has 3 heterocycles. The number of nitrogens with zero attached hydrogens (tertiary/aromatic N) is 5. The van der Waals surface area contributed by atoms with Crippen LogP contribution in [0.2, 0.25) is 0 Å². The standard InChI is InChI=1S/C19H24N6O/c1-4-25(5-2)17-12-22-16-9-8-15(23-18(16)24-17)14-7-6-13(3)26-19(20)21-11-10-14/h6-10,12-13H,4-5,11H2,1-3H3,(H2,20,21)/b7-6-,14-10+. The maximum atomic E-state index is 5.72. The highest BCUT2D eigenvalue weighted by molar-refractivity contribution is 5.79. The van der Waals surface area contributed by atoms with Gasteiger partial charge in [0.2, 0.25) is 0 Å². The van der Waals surface area contributed by atoms with Crippen molar-refractivity contribution in [2.24, 2.45) is 10.7 Å². The summed E-state index contributed by atoms with van der Waals surface area (Å²) >= 11 is 0. The lowest BCUT2D eigenvalue weighted by Crippen LogP contribution is -2.23. The van der Waals surface area contributed by atoms with Crippen LogP contribution in [0.15, 0.2) is 41.6 Å². The third-order valence-electron chi connectivity index (χ3n) is 4.19. The quantitative estimate of drug-likeness (QED) is 0.909. The highest BCUT2D eigenvalue weighted by Crippen LogP contribution is 2.20. The largest absolute Gasteiger partial charge is 0.458 e. The Bertz CT molecular complexity index is 869. The molecule has 1 unspecified atom stereocenters. The zero-order chi connectivity index (χ0) is 18.5. The zero-order valence-corrected chi connectivity index (χ0v) is 15.4. The summed E-state index contributed by atoms with van der Waals surface area (Å²) in [7, 11) is 0. The van der Waals surface area contributed by atoms with Crippen molar-refractivity contribution >= 4 is 28.6 Å². The van der Waals surface area contributed by atoms with Gasteiger partial charge in [-0.05, 0) is 44.6 Å². The zero-order valence-electron chi connectivity index (χ0n) is 15.4. The summed E-state index contributed by atoms with van der Waals surface area (Å²) in [6.45, 7) is 8.30. The molecule has 0 bridgehead atoms. The molecule has 0 spiro atoms. The van der Waals surface area contributed by atoms with E-state index < -0.39 is 0 Å². The molecule has 3 rings (SSSR count). The molecule has 2 N–H and O–H groups in total. The molecule has 0 aromatic carbocycles. The fraction of sp³-hybridized carbons (Fsp3) is 0.368. The minimum Gasteiger partial charge on any atom is -0.458 e. The van der Waals surface area contributed by atoms with Crippen molar-refractivity contribution in [2.45, 2.75) is 26.9 Å². The van der Waals surface area contributed by atoms with Gasteiger partial charge in [0.1, 0.15) is 17.4 Å². The van der Waals surface area contributed by atoms with Crippen LogP contribution in [0.1, 0.15) is 26.5 Å². The number of aliphatic imine (C=N–C) groups is 1. The number of hydrogen-bond acceptors (Lipinski definition) is 7. The summed E-state index contributed by atoms with van der Waals surface area (Å²) in [5.74, 6) is 0.838. The molecule has 136 valence electrons. The minimum atomic E-state index is -0.158. The Morgan fingerprint density at radius 3 is 2.81 bits per heavy atom. The van der Waals surface area contributed by atoms with E-state index in [2.05, 4.69) is 33.7 Å². The number of amidine groups is 1. The van der Waals surface area contributed by atoms with Crippen LogP contribution in [0.5, 0.6) is 0 Å². The lowest BCUT2D eigenvalue weighted by molar-refractivity contribution is 0.251. The van der Waals surface area contributed by atoms with Gasteiger partial charge in [0, 0.05) is 13.1 Å². The van der Waals surface area contributed by atoms with Gasteiger partial charge >= 0.3 is 0 Å². The Morgan fingerprint density at radius 1 is 1.23 bits per heavy atom. The number of ether oxygens (including phenoxy) is 1. The first kappa shape index (κ1) is 17.8. The van der Waals surface area contributed by atoms with Crippen molar-refractivity contribution in [1.82, 2.24) is 15.0 Å². The molecular formula is C19H24N6O. The number of fused-ring (bicyclic) bond motifs is 1. The molecule has 0 saturated carbocycles. The number of allylic oxidation sites excluding steroid dienone is 2. The molecule has 7 nitrogen and oxygen atoms in total. The van der Waals surface area contributed by atoms with E-state index in [9.17, 15) is 0 Å². The smallest absolute Gasteiger partial charge is 0.282 e. The second kappa shape index (κ2) is 7.95. The molecule has 0 saturated heterocycles. The second-order valence-electron chi connectivity index (χ2n) is 5.96. The van der Waals surface area contributed by atoms with E-state index in [-0.39, 0.29) is 12.1 Å². The van der Waals surface area contributed by atoms with E-state index in [1.165, 1.54) is 0 Å². The van der Waals surface area contributed by atoms with Crippen LogP contribution in [0.3, 0.4) is 0 Å². The summed E-state index contributed by atoms with van der Waals surface area (Å²) in [6, 6.07) is 4.08. The SMILES string of the molecule is CCN(CC)c1cnc2ccc(C3=C/C/N=C(/N)OC(C)/C=C\3)nc2n1. The predicted molar refractivity (Wildman–Crippen MR) is 105 cm³/mol. The number of hydrogen-bond donors (Lipinski definition) is 1. The minimum absolute atomic E-state index is 0.158. The number of anilines is 1. The van der Waals surface area contributed by atoms with E-state index in [0.29, 0.717) is 12.2 Å². The van der Waals surface area contributed by atoms with Gasteiger partial charge in [0.25, 0.3) is 6.02 Å². The highest BCUT2D eigenvalue weighted by Gasteiger charge is 2.10. The van der Waals surface area contributed by atoms with Crippen LogP contribution in [-0.2, 0) is 4.74 Å². The molecule has 1 atom stereocenters. The first-order chi connectivity index (χ1) is 12.6. The van der Waals surface area contributed by atoms with Gasteiger partial charge in [0.15, 0.2) is 5.65 Å². The van der Waals surface area contributed by atoms with Crippen molar-refractivity contribution in [3.8, 4) is 0 Å². The van der Waals surface area contributed by atoms with Crippen molar-refractivity contribution in [3.05, 3.63) is 42.3 Å². The van der Waals surface area contributed by atoms with Gasteiger partial charge in [-0.25, -0.2) is 19.9 Å². The molecule has 0 aliphatic carbocycles. The lowest BCUT2D eigenvalue weighted by Gasteiger charge is -2.19. The van der Waals surface area contributed by atoms with E-state index in [0.717, 1.165) is 35.7 Å². The average Bonchev–Trinajstić information content (AvgIpc) is 2.72. The third kappa shape index (κ3) is 3.99. The normalized spacial score (nSPS) is 22.8. The third-order valence-corrected chi connectivity index (χ3v) is 4.19. The summed E-state index contributed by atoms with van der Waals surface area (Å²) in [5, 5.41) is 0. The van der Waals surface area contributed by atoms with Crippen LogP contribution >= 0.6 is 0 Å². The molecule has 0 fully saturated rings. The molecule has 7 heteroatoms. The maximum absolute atomic E-state index is 5.72. The van der Waals surface area contributed by atoms with Gasteiger partial charge in [-0.2, -0.15) is 0 Å². The molecule has 0 amide bonds. The van der Waals surface area contributed by atoms with Crippen LogP contribution in [0.25, 0.3) is 16.7 Å². The average molecular weight is 352 g/mol. The Labute approximate surface area is 153 Å². The second-order valence-corrected chi connectivity index (χ2v) is 5.96. The van der Waals surface area contributed by atoms with Crippen LogP contribution in [0.4, 0.5) is 5.82 Å². The first-order valence-corrected chi connectivity index (χ1v) is 8.84. The van der Waals surface area contributed by atoms with Crippen molar-refractivity contribution in [3.63, 3.8) is 0 Å². The lowest BCUT2D eigenvalue weighted by atomic mass is 10.1. The predicted octanol–water partition coefficient (Wildman–Crippen LogP) is 2.54. The molecule has 2 aromatic heterocycles. The molecular weight excluding hydrogens is 328 g/mol. The molecule has 1 aliphatic rings.